The Hall–Kier alpha value is -1.06. The minimum atomic E-state index is -0.304. The largest absolute Gasteiger partial charge is 0.357 e. The molecule has 0 bridgehead atoms. The summed E-state index contributed by atoms with van der Waals surface area (Å²) in [4.78, 5) is 21.8. The second-order valence-corrected chi connectivity index (χ2v) is 2.63. The van der Waals surface area contributed by atoms with Crippen LogP contribution >= 0.6 is 0 Å². The summed E-state index contributed by atoms with van der Waals surface area (Å²) in [7, 11) is 1.57. The number of piperidine rings is 1. The molecule has 1 atom stereocenters. The molecule has 4 heteroatoms. The zero-order valence-electron chi connectivity index (χ0n) is 6.52. The number of amides is 2. The number of likely N-dealkylation sites (N-methyl/N-ethyl adjacent to an activating group) is 1. The van der Waals surface area contributed by atoms with Crippen molar-refractivity contribution in [2.45, 2.75) is 25.3 Å². The lowest BCUT2D eigenvalue weighted by Gasteiger charge is -2.21. The van der Waals surface area contributed by atoms with E-state index in [2.05, 4.69) is 10.6 Å². The Morgan fingerprint density at radius 1 is 1.73 bits per heavy atom. The molecule has 1 saturated heterocycles. The van der Waals surface area contributed by atoms with Gasteiger partial charge in [0.05, 0.1) is 0 Å². The molecule has 1 unspecified atom stereocenters. The minimum absolute atomic E-state index is 0.0233. The quantitative estimate of drug-likeness (QED) is 0.532. The van der Waals surface area contributed by atoms with Crippen LogP contribution in [0.3, 0.4) is 0 Å². The van der Waals surface area contributed by atoms with E-state index in [-0.39, 0.29) is 17.9 Å². The monoisotopic (exact) mass is 156 g/mol. The van der Waals surface area contributed by atoms with Crippen molar-refractivity contribution in [2.75, 3.05) is 7.05 Å². The number of rotatable bonds is 1. The first-order valence-corrected chi connectivity index (χ1v) is 3.75. The van der Waals surface area contributed by atoms with Gasteiger partial charge in [-0.2, -0.15) is 0 Å². The highest BCUT2D eigenvalue weighted by Crippen LogP contribution is 2.07. The number of hydrogen-bond donors (Lipinski definition) is 2. The SMILES string of the molecule is CNC(=O)C1CCCC(=O)N1. The van der Waals surface area contributed by atoms with Crippen LogP contribution in [0.5, 0.6) is 0 Å². The van der Waals surface area contributed by atoms with E-state index in [9.17, 15) is 9.59 Å². The molecule has 0 radical (unpaired) electrons. The molecule has 0 aromatic carbocycles. The van der Waals surface area contributed by atoms with Gasteiger partial charge in [-0.3, -0.25) is 9.59 Å². The average Bonchev–Trinajstić information content (AvgIpc) is 2.03. The average molecular weight is 156 g/mol. The van der Waals surface area contributed by atoms with Gasteiger partial charge in [0.15, 0.2) is 0 Å². The van der Waals surface area contributed by atoms with E-state index in [1.807, 2.05) is 0 Å². The molecule has 0 aromatic heterocycles. The van der Waals surface area contributed by atoms with Crippen LogP contribution in [0.4, 0.5) is 0 Å². The highest BCUT2D eigenvalue weighted by Gasteiger charge is 2.23. The highest BCUT2D eigenvalue weighted by molar-refractivity contribution is 5.88. The summed E-state index contributed by atoms with van der Waals surface area (Å²) in [6.45, 7) is 0. The van der Waals surface area contributed by atoms with E-state index in [1.54, 1.807) is 7.05 Å². The fourth-order valence-electron chi connectivity index (χ4n) is 1.18. The molecule has 62 valence electrons. The van der Waals surface area contributed by atoms with Crippen LogP contribution in [-0.4, -0.2) is 24.9 Å². The minimum Gasteiger partial charge on any atom is -0.357 e. The van der Waals surface area contributed by atoms with Crippen LogP contribution in [0.2, 0.25) is 0 Å². The maximum atomic E-state index is 11.0. The zero-order valence-corrected chi connectivity index (χ0v) is 6.52. The predicted octanol–water partition coefficient (Wildman–Crippen LogP) is -0.599. The van der Waals surface area contributed by atoms with Crippen LogP contribution < -0.4 is 10.6 Å². The second-order valence-electron chi connectivity index (χ2n) is 2.63. The zero-order chi connectivity index (χ0) is 8.27. The maximum absolute atomic E-state index is 11.0. The van der Waals surface area contributed by atoms with Crippen molar-refractivity contribution in [3.05, 3.63) is 0 Å². The molecule has 0 spiro atoms. The van der Waals surface area contributed by atoms with Crippen molar-refractivity contribution in [1.82, 2.24) is 10.6 Å². The third-order valence-electron chi connectivity index (χ3n) is 1.79. The van der Waals surface area contributed by atoms with E-state index in [1.165, 1.54) is 0 Å². The van der Waals surface area contributed by atoms with E-state index >= 15 is 0 Å². The van der Waals surface area contributed by atoms with Crippen molar-refractivity contribution >= 4 is 11.8 Å². The van der Waals surface area contributed by atoms with Crippen molar-refractivity contribution in [1.29, 1.82) is 0 Å². The summed E-state index contributed by atoms with van der Waals surface area (Å²) in [6, 6.07) is -0.304. The molecule has 1 aliphatic heterocycles. The predicted molar refractivity (Wildman–Crippen MR) is 39.8 cm³/mol. The molecule has 0 aliphatic carbocycles. The number of nitrogens with one attached hydrogen (secondary N) is 2. The van der Waals surface area contributed by atoms with Gasteiger partial charge in [0.2, 0.25) is 11.8 Å². The van der Waals surface area contributed by atoms with Crippen LogP contribution in [0.1, 0.15) is 19.3 Å². The Morgan fingerprint density at radius 3 is 3.00 bits per heavy atom. The lowest BCUT2D eigenvalue weighted by atomic mass is 10.0. The Bertz CT molecular complexity index is 179. The molecule has 0 aromatic rings. The molecule has 11 heavy (non-hydrogen) atoms. The topological polar surface area (TPSA) is 58.2 Å². The van der Waals surface area contributed by atoms with Crippen LogP contribution in [-0.2, 0) is 9.59 Å². The van der Waals surface area contributed by atoms with E-state index in [4.69, 9.17) is 0 Å². The van der Waals surface area contributed by atoms with Gasteiger partial charge in [-0.15, -0.1) is 0 Å². The molecule has 1 fully saturated rings. The molecule has 4 nitrogen and oxygen atoms in total. The smallest absolute Gasteiger partial charge is 0.242 e. The van der Waals surface area contributed by atoms with Crippen molar-refractivity contribution in [3.8, 4) is 0 Å². The van der Waals surface area contributed by atoms with E-state index in [0.29, 0.717) is 6.42 Å². The molecular weight excluding hydrogens is 144 g/mol. The number of hydrogen-bond acceptors (Lipinski definition) is 2. The van der Waals surface area contributed by atoms with Crippen molar-refractivity contribution in [2.24, 2.45) is 0 Å². The lowest BCUT2D eigenvalue weighted by Crippen LogP contribution is -2.48. The van der Waals surface area contributed by atoms with E-state index < -0.39 is 0 Å². The standard InChI is InChI=1S/C7H12N2O2/c1-8-7(11)5-3-2-4-6(10)9-5/h5H,2-4H2,1H3,(H,8,11)(H,9,10). The Kier molecular flexibility index (Phi) is 2.46. The fourth-order valence-corrected chi connectivity index (χ4v) is 1.18. The van der Waals surface area contributed by atoms with Gasteiger partial charge in [-0.25, -0.2) is 0 Å². The van der Waals surface area contributed by atoms with Gasteiger partial charge >= 0.3 is 0 Å². The van der Waals surface area contributed by atoms with Gasteiger partial charge in [-0.05, 0) is 12.8 Å². The Balaban J connectivity index is 2.45. The fraction of sp³-hybridized carbons (Fsp3) is 0.714. The first-order chi connectivity index (χ1) is 5.24. The van der Waals surface area contributed by atoms with Gasteiger partial charge < -0.3 is 10.6 Å². The molecule has 1 heterocycles. The normalized spacial score (nSPS) is 24.1. The van der Waals surface area contributed by atoms with Crippen molar-refractivity contribution < 1.29 is 9.59 Å². The van der Waals surface area contributed by atoms with Crippen LogP contribution in [0, 0.1) is 0 Å². The van der Waals surface area contributed by atoms with Gasteiger partial charge in [0.1, 0.15) is 6.04 Å². The highest BCUT2D eigenvalue weighted by atomic mass is 16.2. The first kappa shape index (κ1) is 8.04. The molecule has 0 saturated carbocycles. The second kappa shape index (κ2) is 3.37. The molecule has 2 amide bonds. The van der Waals surface area contributed by atoms with Crippen molar-refractivity contribution in [3.63, 3.8) is 0 Å². The summed E-state index contributed by atoms with van der Waals surface area (Å²) in [5, 5.41) is 5.12. The maximum Gasteiger partial charge on any atom is 0.242 e. The molecule has 1 aliphatic rings. The number of carbonyl (C=O) groups excluding carboxylic acids is 2. The third-order valence-corrected chi connectivity index (χ3v) is 1.79. The summed E-state index contributed by atoms with van der Waals surface area (Å²) in [6.07, 6.45) is 2.11. The summed E-state index contributed by atoms with van der Waals surface area (Å²) < 4.78 is 0. The summed E-state index contributed by atoms with van der Waals surface area (Å²) >= 11 is 0. The molecule has 1 rings (SSSR count). The van der Waals surface area contributed by atoms with E-state index in [0.717, 1.165) is 12.8 Å². The third kappa shape index (κ3) is 1.93. The Labute approximate surface area is 65.3 Å². The lowest BCUT2D eigenvalue weighted by molar-refractivity contribution is -0.130. The van der Waals surface area contributed by atoms with Gasteiger partial charge in [0, 0.05) is 13.5 Å². The van der Waals surface area contributed by atoms with Crippen LogP contribution in [0.15, 0.2) is 0 Å². The first-order valence-electron chi connectivity index (χ1n) is 3.75. The van der Waals surface area contributed by atoms with Crippen LogP contribution in [0.25, 0.3) is 0 Å². The number of carbonyl (C=O) groups is 2. The summed E-state index contributed by atoms with van der Waals surface area (Å²) in [5.74, 6) is -0.122. The molecule has 2 N–H and O–H groups in total. The molecular formula is C7H12N2O2. The summed E-state index contributed by atoms with van der Waals surface area (Å²) in [5.41, 5.74) is 0. The Morgan fingerprint density at radius 2 is 2.45 bits per heavy atom. The van der Waals surface area contributed by atoms with Gasteiger partial charge in [0.25, 0.3) is 0 Å². The van der Waals surface area contributed by atoms with Gasteiger partial charge in [-0.1, -0.05) is 0 Å².